The van der Waals surface area contributed by atoms with Crippen molar-refractivity contribution in [3.8, 4) is 0 Å². The van der Waals surface area contributed by atoms with Crippen LogP contribution in [-0.4, -0.2) is 32.3 Å². The van der Waals surface area contributed by atoms with Gasteiger partial charge in [-0.15, -0.1) is 0 Å². The predicted octanol–water partition coefficient (Wildman–Crippen LogP) is 3.42. The van der Waals surface area contributed by atoms with E-state index in [1.165, 1.54) is 12.1 Å². The SMILES string of the molecule is CC1CC(C)CN(C(=O)c2ccc(CNS(=O)(=O)c3ccc(F)cc3)cc2)C1. The Kier molecular flexibility index (Phi) is 6.15. The van der Waals surface area contributed by atoms with Crippen LogP contribution in [0.15, 0.2) is 53.4 Å². The Bertz CT molecular complexity index is 917. The molecule has 0 spiro atoms. The van der Waals surface area contributed by atoms with Gasteiger partial charge in [-0.25, -0.2) is 17.5 Å². The highest BCUT2D eigenvalue weighted by molar-refractivity contribution is 7.89. The zero-order chi connectivity index (χ0) is 20.3. The normalized spacial score (nSPS) is 20.2. The van der Waals surface area contributed by atoms with Crippen LogP contribution in [0, 0.1) is 17.7 Å². The van der Waals surface area contributed by atoms with Gasteiger partial charge in [0.1, 0.15) is 5.82 Å². The number of rotatable bonds is 5. The smallest absolute Gasteiger partial charge is 0.253 e. The number of benzene rings is 2. The minimum Gasteiger partial charge on any atom is -0.338 e. The summed E-state index contributed by atoms with van der Waals surface area (Å²) in [6.45, 7) is 5.94. The molecule has 28 heavy (non-hydrogen) atoms. The first-order valence-corrected chi connectivity index (χ1v) is 10.9. The highest BCUT2D eigenvalue weighted by atomic mass is 32.2. The number of carbonyl (C=O) groups excluding carboxylic acids is 1. The van der Waals surface area contributed by atoms with E-state index in [2.05, 4.69) is 18.6 Å². The Morgan fingerprint density at radius 1 is 1.04 bits per heavy atom. The maximum Gasteiger partial charge on any atom is 0.253 e. The van der Waals surface area contributed by atoms with E-state index < -0.39 is 15.8 Å². The molecule has 1 aliphatic heterocycles. The second-order valence-electron chi connectivity index (χ2n) is 7.63. The summed E-state index contributed by atoms with van der Waals surface area (Å²) in [5.41, 5.74) is 1.34. The number of hydrogen-bond acceptors (Lipinski definition) is 3. The summed E-state index contributed by atoms with van der Waals surface area (Å²) < 4.78 is 40.0. The highest BCUT2D eigenvalue weighted by Crippen LogP contribution is 2.22. The number of amides is 1. The van der Waals surface area contributed by atoms with Crippen LogP contribution in [0.1, 0.15) is 36.2 Å². The van der Waals surface area contributed by atoms with Crippen molar-refractivity contribution >= 4 is 15.9 Å². The summed E-state index contributed by atoms with van der Waals surface area (Å²) in [4.78, 5) is 14.6. The van der Waals surface area contributed by atoms with Crippen LogP contribution in [0.25, 0.3) is 0 Å². The number of halogens is 1. The molecule has 1 fully saturated rings. The lowest BCUT2D eigenvalue weighted by atomic mass is 9.91. The van der Waals surface area contributed by atoms with Crippen LogP contribution < -0.4 is 4.72 Å². The average Bonchev–Trinajstić information content (AvgIpc) is 2.66. The first-order valence-electron chi connectivity index (χ1n) is 9.38. The average molecular weight is 405 g/mol. The van der Waals surface area contributed by atoms with Crippen LogP contribution in [0.5, 0.6) is 0 Å². The molecule has 2 atom stereocenters. The van der Waals surface area contributed by atoms with Crippen molar-refractivity contribution in [1.29, 1.82) is 0 Å². The number of carbonyl (C=O) groups is 1. The fourth-order valence-electron chi connectivity index (χ4n) is 3.65. The molecule has 2 unspecified atom stereocenters. The third-order valence-corrected chi connectivity index (χ3v) is 6.36. The van der Waals surface area contributed by atoms with Crippen LogP contribution in [0.4, 0.5) is 4.39 Å². The van der Waals surface area contributed by atoms with Gasteiger partial charge in [0, 0.05) is 25.2 Å². The van der Waals surface area contributed by atoms with Gasteiger partial charge in [-0.2, -0.15) is 0 Å². The Hall–Kier alpha value is -2.25. The van der Waals surface area contributed by atoms with E-state index in [4.69, 9.17) is 0 Å². The Morgan fingerprint density at radius 3 is 2.18 bits per heavy atom. The van der Waals surface area contributed by atoms with Crippen molar-refractivity contribution < 1.29 is 17.6 Å². The lowest BCUT2D eigenvalue weighted by molar-refractivity contribution is 0.0623. The number of nitrogens with zero attached hydrogens (tertiary/aromatic N) is 1. The maximum absolute atomic E-state index is 13.0. The molecule has 0 saturated carbocycles. The molecule has 0 aliphatic carbocycles. The lowest BCUT2D eigenvalue weighted by Gasteiger charge is -2.35. The Labute approximate surface area is 165 Å². The fourth-order valence-corrected chi connectivity index (χ4v) is 4.67. The summed E-state index contributed by atoms with van der Waals surface area (Å²) in [7, 11) is -3.72. The summed E-state index contributed by atoms with van der Waals surface area (Å²) >= 11 is 0. The summed E-state index contributed by atoms with van der Waals surface area (Å²) in [5.74, 6) is 0.509. The summed E-state index contributed by atoms with van der Waals surface area (Å²) in [6.07, 6.45) is 1.14. The van der Waals surface area contributed by atoms with E-state index in [-0.39, 0.29) is 17.3 Å². The largest absolute Gasteiger partial charge is 0.338 e. The minimum absolute atomic E-state index is 0.00837. The molecule has 2 aromatic rings. The molecule has 7 heteroatoms. The quantitative estimate of drug-likeness (QED) is 0.830. The van der Waals surface area contributed by atoms with Gasteiger partial charge < -0.3 is 4.90 Å². The van der Waals surface area contributed by atoms with Crippen LogP contribution in [0.3, 0.4) is 0 Å². The standard InChI is InChI=1S/C21H25FN2O3S/c1-15-11-16(2)14-24(13-15)21(25)18-5-3-17(4-6-18)12-23-28(26,27)20-9-7-19(22)8-10-20/h3-10,15-16,23H,11-14H2,1-2H3. The maximum atomic E-state index is 13.0. The number of nitrogens with one attached hydrogen (secondary N) is 1. The van der Waals surface area contributed by atoms with Crippen molar-refractivity contribution in [3.63, 3.8) is 0 Å². The van der Waals surface area contributed by atoms with Gasteiger partial charge in [0.05, 0.1) is 4.90 Å². The van der Waals surface area contributed by atoms with Gasteiger partial charge >= 0.3 is 0 Å². The van der Waals surface area contributed by atoms with E-state index in [1.54, 1.807) is 24.3 Å². The van der Waals surface area contributed by atoms with E-state index in [0.29, 0.717) is 17.4 Å². The predicted molar refractivity (Wildman–Crippen MR) is 106 cm³/mol. The van der Waals surface area contributed by atoms with Crippen molar-refractivity contribution in [3.05, 3.63) is 65.5 Å². The molecule has 0 bridgehead atoms. The van der Waals surface area contributed by atoms with E-state index >= 15 is 0 Å². The Balaban J connectivity index is 1.63. The van der Waals surface area contributed by atoms with Crippen LogP contribution in [0.2, 0.25) is 0 Å². The lowest BCUT2D eigenvalue weighted by Crippen LogP contribution is -2.42. The molecule has 0 radical (unpaired) electrons. The van der Waals surface area contributed by atoms with Gasteiger partial charge in [-0.3, -0.25) is 4.79 Å². The fraction of sp³-hybridized carbons (Fsp3) is 0.381. The van der Waals surface area contributed by atoms with Crippen LogP contribution in [-0.2, 0) is 16.6 Å². The van der Waals surface area contributed by atoms with Gasteiger partial charge in [-0.05, 0) is 60.2 Å². The molecular weight excluding hydrogens is 379 g/mol. The number of hydrogen-bond donors (Lipinski definition) is 1. The second kappa shape index (κ2) is 8.41. The third kappa shape index (κ3) is 4.97. The van der Waals surface area contributed by atoms with E-state index in [0.717, 1.165) is 37.2 Å². The summed E-state index contributed by atoms with van der Waals surface area (Å²) in [6, 6.07) is 11.6. The summed E-state index contributed by atoms with van der Waals surface area (Å²) in [5, 5.41) is 0. The van der Waals surface area contributed by atoms with E-state index in [1.807, 2.05) is 4.90 Å². The molecule has 1 N–H and O–H groups in total. The monoisotopic (exact) mass is 404 g/mol. The molecule has 1 aliphatic rings. The molecule has 2 aromatic carbocycles. The van der Waals surface area contributed by atoms with Crippen molar-refractivity contribution in [2.45, 2.75) is 31.7 Å². The zero-order valence-corrected chi connectivity index (χ0v) is 16.9. The molecule has 150 valence electrons. The number of sulfonamides is 1. The van der Waals surface area contributed by atoms with Gasteiger partial charge in [0.15, 0.2) is 0 Å². The molecule has 1 heterocycles. The van der Waals surface area contributed by atoms with Gasteiger partial charge in [0.25, 0.3) is 5.91 Å². The number of piperidine rings is 1. The third-order valence-electron chi connectivity index (χ3n) is 4.95. The molecule has 0 aromatic heterocycles. The molecule has 1 amide bonds. The van der Waals surface area contributed by atoms with Gasteiger partial charge in [-0.1, -0.05) is 26.0 Å². The van der Waals surface area contributed by atoms with Crippen molar-refractivity contribution in [2.75, 3.05) is 13.1 Å². The van der Waals surface area contributed by atoms with Crippen molar-refractivity contribution in [1.82, 2.24) is 9.62 Å². The van der Waals surface area contributed by atoms with E-state index in [9.17, 15) is 17.6 Å². The number of likely N-dealkylation sites (tertiary alicyclic amines) is 1. The molecular formula is C21H25FN2O3S. The van der Waals surface area contributed by atoms with Crippen molar-refractivity contribution in [2.24, 2.45) is 11.8 Å². The highest BCUT2D eigenvalue weighted by Gasteiger charge is 2.26. The molecule has 5 nitrogen and oxygen atoms in total. The second-order valence-corrected chi connectivity index (χ2v) is 9.40. The topological polar surface area (TPSA) is 66.5 Å². The van der Waals surface area contributed by atoms with Gasteiger partial charge in [0.2, 0.25) is 10.0 Å². The Morgan fingerprint density at radius 2 is 1.61 bits per heavy atom. The van der Waals surface area contributed by atoms with Crippen LogP contribution >= 0.6 is 0 Å². The zero-order valence-electron chi connectivity index (χ0n) is 16.1. The minimum atomic E-state index is -3.72. The molecule has 1 saturated heterocycles. The first kappa shape index (κ1) is 20.5. The molecule has 3 rings (SSSR count). The first-order chi connectivity index (χ1) is 13.2.